The number of hydrogen-bond donors (Lipinski definition) is 1. The number of carbonyl (C=O) groups is 1. The number of aryl methyl sites for hydroxylation is 1. The maximum Gasteiger partial charge on any atom is 0.253 e. The molecule has 2 aromatic rings. The van der Waals surface area contributed by atoms with Crippen LogP contribution in [0.15, 0.2) is 36.4 Å². The van der Waals surface area contributed by atoms with Gasteiger partial charge in [-0.3, -0.25) is 4.79 Å². The van der Waals surface area contributed by atoms with E-state index >= 15 is 0 Å². The van der Waals surface area contributed by atoms with Gasteiger partial charge in [-0.1, -0.05) is 18.2 Å². The summed E-state index contributed by atoms with van der Waals surface area (Å²) in [5, 5.41) is 3.66. The van der Waals surface area contributed by atoms with Crippen molar-refractivity contribution in [2.75, 3.05) is 26.5 Å². The second kappa shape index (κ2) is 7.18. The summed E-state index contributed by atoms with van der Waals surface area (Å²) in [6.45, 7) is 2.07. The van der Waals surface area contributed by atoms with Crippen molar-refractivity contribution in [1.82, 2.24) is 4.90 Å². The molecule has 1 atom stereocenters. The lowest BCUT2D eigenvalue weighted by molar-refractivity contribution is 0.0827. The van der Waals surface area contributed by atoms with E-state index in [4.69, 9.17) is 4.74 Å². The number of methoxy groups -OCH3 is 1. The van der Waals surface area contributed by atoms with Crippen molar-refractivity contribution in [1.29, 1.82) is 0 Å². The Morgan fingerprint density at radius 3 is 2.76 bits per heavy atom. The van der Waals surface area contributed by atoms with Gasteiger partial charge in [0.25, 0.3) is 5.91 Å². The van der Waals surface area contributed by atoms with Gasteiger partial charge in [-0.2, -0.15) is 0 Å². The quantitative estimate of drug-likeness (QED) is 0.908. The Bertz CT molecular complexity index is 783. The van der Waals surface area contributed by atoms with Crippen LogP contribution in [0.2, 0.25) is 0 Å². The first-order valence-electron chi connectivity index (χ1n) is 8.76. The van der Waals surface area contributed by atoms with Gasteiger partial charge in [0.2, 0.25) is 0 Å². The van der Waals surface area contributed by atoms with E-state index in [0.717, 1.165) is 36.3 Å². The molecule has 0 fully saturated rings. The fourth-order valence-electron chi connectivity index (χ4n) is 3.51. The normalized spacial score (nSPS) is 16.1. The van der Waals surface area contributed by atoms with Gasteiger partial charge in [-0.25, -0.2) is 0 Å². The van der Waals surface area contributed by atoms with E-state index in [9.17, 15) is 4.79 Å². The van der Waals surface area contributed by atoms with Crippen LogP contribution in [0, 0.1) is 6.92 Å². The average Bonchev–Trinajstić information content (AvgIpc) is 2.62. The van der Waals surface area contributed by atoms with Crippen LogP contribution in [0.3, 0.4) is 0 Å². The molecule has 0 heterocycles. The van der Waals surface area contributed by atoms with Crippen LogP contribution in [0.5, 0.6) is 5.75 Å². The second-order valence-electron chi connectivity index (χ2n) is 6.85. The maximum absolute atomic E-state index is 12.3. The molecule has 0 saturated carbocycles. The summed E-state index contributed by atoms with van der Waals surface area (Å²) in [4.78, 5) is 13.9. The molecule has 0 bridgehead atoms. The van der Waals surface area contributed by atoms with Crippen LogP contribution in [-0.4, -0.2) is 32.0 Å². The lowest BCUT2D eigenvalue weighted by Gasteiger charge is -2.29. The summed E-state index contributed by atoms with van der Waals surface area (Å²) in [5.41, 5.74) is 5.47. The molecular formula is C21H26N2O2. The largest absolute Gasteiger partial charge is 0.496 e. The summed E-state index contributed by atoms with van der Waals surface area (Å²) in [5.74, 6) is 0.992. The summed E-state index contributed by atoms with van der Waals surface area (Å²) in [6, 6.07) is 12.4. The van der Waals surface area contributed by atoms with Gasteiger partial charge in [-0.05, 0) is 61.1 Å². The maximum atomic E-state index is 12.3. The van der Waals surface area contributed by atoms with Crippen molar-refractivity contribution in [2.45, 2.75) is 32.2 Å². The molecule has 0 aliphatic heterocycles. The zero-order chi connectivity index (χ0) is 18.0. The third kappa shape index (κ3) is 3.48. The highest BCUT2D eigenvalue weighted by atomic mass is 16.5. The average molecular weight is 338 g/mol. The number of nitrogens with zero attached hydrogens (tertiary/aromatic N) is 1. The van der Waals surface area contributed by atoms with Crippen molar-refractivity contribution < 1.29 is 9.53 Å². The number of nitrogens with one attached hydrogen (secondary N) is 1. The zero-order valence-corrected chi connectivity index (χ0v) is 15.4. The molecule has 0 aromatic heterocycles. The fraction of sp³-hybridized carbons (Fsp3) is 0.381. The number of benzene rings is 2. The van der Waals surface area contributed by atoms with Gasteiger partial charge < -0.3 is 15.0 Å². The molecule has 4 nitrogen and oxygen atoms in total. The van der Waals surface area contributed by atoms with Crippen LogP contribution >= 0.6 is 0 Å². The highest BCUT2D eigenvalue weighted by Gasteiger charge is 2.23. The van der Waals surface area contributed by atoms with E-state index in [1.807, 2.05) is 24.3 Å². The number of anilines is 1. The van der Waals surface area contributed by atoms with E-state index in [0.29, 0.717) is 5.56 Å². The second-order valence-corrected chi connectivity index (χ2v) is 6.85. The van der Waals surface area contributed by atoms with E-state index < -0.39 is 0 Å². The van der Waals surface area contributed by atoms with Crippen LogP contribution < -0.4 is 10.1 Å². The lowest BCUT2D eigenvalue weighted by Crippen LogP contribution is -2.22. The standard InChI is InChI=1S/C21H26N2O2/c1-14-11-12-15(21(24)23(2)3)13-19(14)22-18-9-5-8-17-16(18)7-6-10-20(17)25-4/h6-7,10-13,18,22H,5,8-9H2,1-4H3. The predicted molar refractivity (Wildman–Crippen MR) is 101 cm³/mol. The van der Waals surface area contributed by atoms with Gasteiger partial charge >= 0.3 is 0 Å². The van der Waals surface area contributed by atoms with Crippen molar-refractivity contribution in [3.63, 3.8) is 0 Å². The third-order valence-electron chi connectivity index (χ3n) is 4.90. The third-order valence-corrected chi connectivity index (χ3v) is 4.90. The van der Waals surface area contributed by atoms with E-state index in [1.165, 1.54) is 11.1 Å². The number of fused-ring (bicyclic) bond motifs is 1. The molecule has 0 saturated heterocycles. The van der Waals surface area contributed by atoms with Crippen molar-refractivity contribution in [2.24, 2.45) is 0 Å². The molecular weight excluding hydrogens is 312 g/mol. The lowest BCUT2D eigenvalue weighted by atomic mass is 9.86. The Labute approximate surface area is 149 Å². The molecule has 2 aromatic carbocycles. The zero-order valence-electron chi connectivity index (χ0n) is 15.4. The first-order chi connectivity index (χ1) is 12.0. The molecule has 1 aliphatic rings. The van der Waals surface area contributed by atoms with Crippen molar-refractivity contribution in [3.8, 4) is 5.75 Å². The van der Waals surface area contributed by atoms with Crippen molar-refractivity contribution in [3.05, 3.63) is 58.7 Å². The highest BCUT2D eigenvalue weighted by Crippen LogP contribution is 2.37. The van der Waals surface area contributed by atoms with E-state index in [1.54, 1.807) is 26.1 Å². The topological polar surface area (TPSA) is 41.6 Å². The molecule has 1 N–H and O–H groups in total. The molecule has 4 heteroatoms. The summed E-state index contributed by atoms with van der Waals surface area (Å²) in [6.07, 6.45) is 3.25. The summed E-state index contributed by atoms with van der Waals surface area (Å²) < 4.78 is 5.53. The minimum atomic E-state index is 0.0220. The Morgan fingerprint density at radius 1 is 1.24 bits per heavy atom. The Hall–Kier alpha value is -2.49. The minimum absolute atomic E-state index is 0.0220. The predicted octanol–water partition coefficient (Wildman–Crippen LogP) is 4.19. The Kier molecular flexibility index (Phi) is 4.98. The van der Waals surface area contributed by atoms with Crippen molar-refractivity contribution >= 4 is 11.6 Å². The van der Waals surface area contributed by atoms with Crippen LogP contribution in [0.25, 0.3) is 0 Å². The van der Waals surface area contributed by atoms with Crippen LogP contribution in [0.4, 0.5) is 5.69 Å². The highest BCUT2D eigenvalue weighted by molar-refractivity contribution is 5.95. The Balaban J connectivity index is 1.92. The summed E-state index contributed by atoms with van der Waals surface area (Å²) in [7, 11) is 5.28. The first kappa shape index (κ1) is 17.3. The number of carbonyl (C=O) groups excluding carboxylic acids is 1. The van der Waals surface area contributed by atoms with E-state index in [2.05, 4.69) is 24.4 Å². The molecule has 132 valence electrons. The smallest absolute Gasteiger partial charge is 0.253 e. The van der Waals surface area contributed by atoms with E-state index in [-0.39, 0.29) is 11.9 Å². The summed E-state index contributed by atoms with van der Waals surface area (Å²) >= 11 is 0. The van der Waals surface area contributed by atoms with Gasteiger partial charge in [0.1, 0.15) is 5.75 Å². The van der Waals surface area contributed by atoms with Crippen LogP contribution in [-0.2, 0) is 6.42 Å². The molecule has 25 heavy (non-hydrogen) atoms. The SMILES string of the molecule is COc1cccc2c1CCCC2Nc1cc(C(=O)N(C)C)ccc1C. The van der Waals surface area contributed by atoms with Gasteiger partial charge in [0.15, 0.2) is 0 Å². The Morgan fingerprint density at radius 2 is 2.04 bits per heavy atom. The molecule has 1 unspecified atom stereocenters. The first-order valence-corrected chi connectivity index (χ1v) is 8.76. The molecule has 0 radical (unpaired) electrons. The minimum Gasteiger partial charge on any atom is -0.496 e. The number of amides is 1. The van der Waals surface area contributed by atoms with Gasteiger partial charge in [0, 0.05) is 25.3 Å². The number of ether oxygens (including phenoxy) is 1. The molecule has 0 spiro atoms. The molecule has 1 amide bonds. The number of rotatable bonds is 4. The van der Waals surface area contributed by atoms with Gasteiger partial charge in [-0.15, -0.1) is 0 Å². The number of hydrogen-bond acceptors (Lipinski definition) is 3. The van der Waals surface area contributed by atoms with Crippen LogP contribution in [0.1, 0.15) is 45.9 Å². The van der Waals surface area contributed by atoms with Gasteiger partial charge in [0.05, 0.1) is 13.2 Å². The monoisotopic (exact) mass is 338 g/mol. The fourth-order valence-corrected chi connectivity index (χ4v) is 3.51. The molecule has 1 aliphatic carbocycles. The molecule has 3 rings (SSSR count).